The van der Waals surface area contributed by atoms with E-state index in [-0.39, 0.29) is 0 Å². The third-order valence-electron chi connectivity index (χ3n) is 3.51. The van der Waals surface area contributed by atoms with Crippen molar-refractivity contribution in [3.63, 3.8) is 0 Å². The predicted octanol–water partition coefficient (Wildman–Crippen LogP) is 3.63. The molecule has 0 bridgehead atoms. The molecule has 114 valence electrons. The average Bonchev–Trinajstić information content (AvgIpc) is 2.71. The van der Waals surface area contributed by atoms with Crippen molar-refractivity contribution in [1.82, 2.24) is 15.1 Å². The van der Waals surface area contributed by atoms with Crippen LogP contribution in [0.5, 0.6) is 5.75 Å². The number of rotatable bonds is 6. The summed E-state index contributed by atoms with van der Waals surface area (Å²) in [6.07, 6.45) is 0. The standard InChI is InChI=1S/C16H22ClN3O/c1-5-18-11(2)13-7-6-8-14(9-13)21-10-15-16(17)12(3)19-20(15)4/h6-9,11,18H,5,10H2,1-4H3. The lowest BCUT2D eigenvalue weighted by Gasteiger charge is -2.14. The van der Waals surface area contributed by atoms with E-state index in [4.69, 9.17) is 16.3 Å². The first kappa shape index (κ1) is 15.9. The van der Waals surface area contributed by atoms with Crippen molar-refractivity contribution in [3.05, 3.63) is 46.2 Å². The number of nitrogens with one attached hydrogen (secondary N) is 1. The van der Waals surface area contributed by atoms with Crippen LogP contribution in [0.15, 0.2) is 24.3 Å². The molecule has 0 saturated carbocycles. The Labute approximate surface area is 131 Å². The van der Waals surface area contributed by atoms with E-state index >= 15 is 0 Å². The van der Waals surface area contributed by atoms with Gasteiger partial charge >= 0.3 is 0 Å². The van der Waals surface area contributed by atoms with Gasteiger partial charge in [-0.05, 0) is 38.1 Å². The summed E-state index contributed by atoms with van der Waals surface area (Å²) in [4.78, 5) is 0. The molecule has 21 heavy (non-hydrogen) atoms. The van der Waals surface area contributed by atoms with Gasteiger partial charge in [0, 0.05) is 13.1 Å². The molecule has 0 amide bonds. The van der Waals surface area contributed by atoms with Gasteiger partial charge in [-0.3, -0.25) is 4.68 Å². The number of halogens is 1. The molecule has 2 aromatic rings. The zero-order valence-electron chi connectivity index (χ0n) is 13.0. The van der Waals surface area contributed by atoms with Crippen molar-refractivity contribution in [1.29, 1.82) is 0 Å². The molecule has 0 aliphatic heterocycles. The van der Waals surface area contributed by atoms with E-state index in [9.17, 15) is 0 Å². The minimum atomic E-state index is 0.307. The summed E-state index contributed by atoms with van der Waals surface area (Å²) in [5, 5.41) is 8.36. The zero-order valence-corrected chi connectivity index (χ0v) is 13.7. The van der Waals surface area contributed by atoms with Gasteiger partial charge in [0.1, 0.15) is 12.4 Å². The minimum absolute atomic E-state index is 0.307. The first-order chi connectivity index (χ1) is 10.0. The maximum Gasteiger partial charge on any atom is 0.131 e. The molecule has 0 spiro atoms. The van der Waals surface area contributed by atoms with Crippen LogP contribution in [0.25, 0.3) is 0 Å². The quantitative estimate of drug-likeness (QED) is 0.885. The van der Waals surface area contributed by atoms with E-state index in [2.05, 4.69) is 36.4 Å². The molecule has 4 nitrogen and oxygen atoms in total. The molecule has 1 unspecified atom stereocenters. The fourth-order valence-corrected chi connectivity index (χ4v) is 2.50. The summed E-state index contributed by atoms with van der Waals surface area (Å²) in [6, 6.07) is 8.43. The van der Waals surface area contributed by atoms with Crippen LogP contribution in [0.1, 0.15) is 36.8 Å². The monoisotopic (exact) mass is 307 g/mol. The second-order valence-corrected chi connectivity index (χ2v) is 5.49. The Morgan fingerprint density at radius 2 is 2.19 bits per heavy atom. The summed E-state index contributed by atoms with van der Waals surface area (Å²) < 4.78 is 7.63. The maximum absolute atomic E-state index is 6.23. The zero-order chi connectivity index (χ0) is 15.4. The molecule has 2 rings (SSSR count). The molecule has 0 aliphatic carbocycles. The van der Waals surface area contributed by atoms with Gasteiger partial charge in [0.25, 0.3) is 0 Å². The van der Waals surface area contributed by atoms with Crippen molar-refractivity contribution < 1.29 is 4.74 Å². The third-order valence-corrected chi connectivity index (χ3v) is 4.00. The van der Waals surface area contributed by atoms with E-state index in [1.54, 1.807) is 4.68 Å². The molecule has 1 atom stereocenters. The summed E-state index contributed by atoms with van der Waals surface area (Å²) in [5.74, 6) is 0.840. The van der Waals surface area contributed by atoms with Gasteiger partial charge in [0.2, 0.25) is 0 Å². The number of benzene rings is 1. The van der Waals surface area contributed by atoms with Crippen molar-refractivity contribution in [3.8, 4) is 5.75 Å². The molecule has 1 N–H and O–H groups in total. The second kappa shape index (κ2) is 6.96. The van der Waals surface area contributed by atoms with Gasteiger partial charge in [-0.1, -0.05) is 30.7 Å². The van der Waals surface area contributed by atoms with Gasteiger partial charge < -0.3 is 10.1 Å². The van der Waals surface area contributed by atoms with Crippen LogP contribution in [-0.2, 0) is 13.7 Å². The molecular weight excluding hydrogens is 286 g/mol. The highest BCUT2D eigenvalue weighted by Crippen LogP contribution is 2.23. The number of hydrogen-bond donors (Lipinski definition) is 1. The lowest BCUT2D eigenvalue weighted by molar-refractivity contribution is 0.294. The molecule has 5 heteroatoms. The number of aromatic nitrogens is 2. The average molecular weight is 308 g/mol. The number of ether oxygens (including phenoxy) is 1. The highest BCUT2D eigenvalue weighted by Gasteiger charge is 2.12. The lowest BCUT2D eigenvalue weighted by atomic mass is 10.1. The van der Waals surface area contributed by atoms with Gasteiger partial charge in [0.15, 0.2) is 0 Å². The van der Waals surface area contributed by atoms with Crippen LogP contribution < -0.4 is 10.1 Å². The van der Waals surface area contributed by atoms with E-state index in [0.29, 0.717) is 17.7 Å². The highest BCUT2D eigenvalue weighted by molar-refractivity contribution is 6.31. The Morgan fingerprint density at radius 3 is 2.81 bits per heavy atom. The second-order valence-electron chi connectivity index (χ2n) is 5.11. The van der Waals surface area contributed by atoms with Crippen LogP contribution in [0.3, 0.4) is 0 Å². The van der Waals surface area contributed by atoms with Crippen LogP contribution in [0, 0.1) is 6.92 Å². The fourth-order valence-electron chi connectivity index (χ4n) is 2.29. The maximum atomic E-state index is 6.23. The molecule has 0 saturated heterocycles. The Bertz CT molecular complexity index is 610. The van der Waals surface area contributed by atoms with Gasteiger partial charge in [-0.15, -0.1) is 0 Å². The highest BCUT2D eigenvalue weighted by atomic mass is 35.5. The van der Waals surface area contributed by atoms with Crippen LogP contribution in [0.4, 0.5) is 0 Å². The fraction of sp³-hybridized carbons (Fsp3) is 0.438. The van der Waals surface area contributed by atoms with Crippen molar-refractivity contribution >= 4 is 11.6 Å². The molecule has 0 aliphatic rings. The lowest BCUT2D eigenvalue weighted by Crippen LogP contribution is -2.17. The van der Waals surface area contributed by atoms with E-state index in [0.717, 1.165) is 23.7 Å². The minimum Gasteiger partial charge on any atom is -0.487 e. The van der Waals surface area contributed by atoms with E-state index < -0.39 is 0 Å². The van der Waals surface area contributed by atoms with Gasteiger partial charge in [-0.2, -0.15) is 5.10 Å². The summed E-state index contributed by atoms with van der Waals surface area (Å²) in [7, 11) is 1.88. The number of aryl methyl sites for hydroxylation is 2. The molecule has 1 aromatic carbocycles. The van der Waals surface area contributed by atoms with Crippen molar-refractivity contribution in [2.45, 2.75) is 33.4 Å². The first-order valence-corrected chi connectivity index (χ1v) is 7.54. The van der Waals surface area contributed by atoms with Crippen LogP contribution >= 0.6 is 11.6 Å². The molecule has 1 aromatic heterocycles. The van der Waals surface area contributed by atoms with Crippen molar-refractivity contribution in [2.75, 3.05) is 6.54 Å². The number of nitrogens with zero attached hydrogens (tertiary/aromatic N) is 2. The summed E-state index contributed by atoms with van der Waals surface area (Å²) >= 11 is 6.23. The Morgan fingerprint density at radius 1 is 1.43 bits per heavy atom. The Kier molecular flexibility index (Phi) is 5.26. The summed E-state index contributed by atoms with van der Waals surface area (Å²) in [6.45, 7) is 7.49. The predicted molar refractivity (Wildman–Crippen MR) is 85.8 cm³/mol. The van der Waals surface area contributed by atoms with E-state index in [1.807, 2.05) is 26.1 Å². The normalized spacial score (nSPS) is 12.4. The molecular formula is C16H22ClN3O. The third kappa shape index (κ3) is 3.77. The van der Waals surface area contributed by atoms with Gasteiger partial charge in [-0.25, -0.2) is 0 Å². The smallest absolute Gasteiger partial charge is 0.131 e. The van der Waals surface area contributed by atoms with Crippen LogP contribution in [-0.4, -0.2) is 16.3 Å². The first-order valence-electron chi connectivity index (χ1n) is 7.17. The largest absolute Gasteiger partial charge is 0.487 e. The van der Waals surface area contributed by atoms with Crippen LogP contribution in [0.2, 0.25) is 5.02 Å². The van der Waals surface area contributed by atoms with Gasteiger partial charge in [0.05, 0.1) is 16.4 Å². The SMILES string of the molecule is CCNC(C)c1cccc(OCc2c(Cl)c(C)nn2C)c1. The topological polar surface area (TPSA) is 39.1 Å². The molecule has 0 radical (unpaired) electrons. The molecule has 1 heterocycles. The number of hydrogen-bond acceptors (Lipinski definition) is 3. The summed E-state index contributed by atoms with van der Waals surface area (Å²) in [5.41, 5.74) is 2.92. The Hall–Kier alpha value is -1.52. The Balaban J connectivity index is 2.08. The molecule has 0 fully saturated rings. The van der Waals surface area contributed by atoms with Crippen molar-refractivity contribution in [2.24, 2.45) is 7.05 Å². The van der Waals surface area contributed by atoms with E-state index in [1.165, 1.54) is 5.56 Å².